The summed E-state index contributed by atoms with van der Waals surface area (Å²) in [6, 6.07) is 19.9. The summed E-state index contributed by atoms with van der Waals surface area (Å²) in [5.41, 5.74) is 2.13. The summed E-state index contributed by atoms with van der Waals surface area (Å²) in [6.07, 6.45) is 0. The summed E-state index contributed by atoms with van der Waals surface area (Å²) in [4.78, 5) is 12.3. The largest absolute Gasteiger partial charge is 0.493 e. The summed E-state index contributed by atoms with van der Waals surface area (Å²) >= 11 is 0. The molecule has 1 N–H and O–H groups in total. The molecule has 0 aliphatic carbocycles. The quantitative estimate of drug-likeness (QED) is 0.717. The minimum atomic E-state index is -0.173. The molecule has 0 fully saturated rings. The van der Waals surface area contributed by atoms with E-state index in [0.29, 0.717) is 11.5 Å². The number of methoxy groups -OCH3 is 1. The number of ether oxygens (including phenoxy) is 2. The third kappa shape index (κ3) is 4.14. The number of nitrogens with one attached hydrogen (secondary N) is 1. The highest BCUT2D eigenvalue weighted by Gasteiger charge is 2.12. The first-order chi connectivity index (χ1) is 12.6. The van der Waals surface area contributed by atoms with Crippen molar-refractivity contribution in [2.45, 2.75) is 19.9 Å². The molecule has 0 saturated carbocycles. The number of rotatable bonds is 6. The molecular weight excluding hydrogens is 326 g/mol. The third-order valence-electron chi connectivity index (χ3n) is 4.33. The lowest BCUT2D eigenvalue weighted by Gasteiger charge is -2.16. The average Bonchev–Trinajstić information content (AvgIpc) is 2.66. The molecule has 26 heavy (non-hydrogen) atoms. The van der Waals surface area contributed by atoms with Crippen molar-refractivity contribution in [1.29, 1.82) is 0 Å². The van der Waals surface area contributed by atoms with E-state index < -0.39 is 0 Å². The Hall–Kier alpha value is -3.01. The van der Waals surface area contributed by atoms with E-state index in [9.17, 15) is 4.79 Å². The van der Waals surface area contributed by atoms with Crippen LogP contribution in [0.4, 0.5) is 0 Å². The van der Waals surface area contributed by atoms with E-state index >= 15 is 0 Å². The molecule has 0 heterocycles. The first-order valence-corrected chi connectivity index (χ1v) is 8.62. The van der Waals surface area contributed by atoms with Crippen molar-refractivity contribution in [3.63, 3.8) is 0 Å². The van der Waals surface area contributed by atoms with Gasteiger partial charge in [-0.3, -0.25) is 4.79 Å². The van der Waals surface area contributed by atoms with Crippen LogP contribution in [-0.2, 0) is 4.79 Å². The van der Waals surface area contributed by atoms with Crippen molar-refractivity contribution in [1.82, 2.24) is 5.32 Å². The van der Waals surface area contributed by atoms with E-state index in [4.69, 9.17) is 9.47 Å². The Morgan fingerprint density at radius 1 is 1.00 bits per heavy atom. The van der Waals surface area contributed by atoms with Gasteiger partial charge in [0, 0.05) is 0 Å². The fourth-order valence-corrected chi connectivity index (χ4v) is 2.88. The molecule has 3 aromatic rings. The number of hydrogen-bond acceptors (Lipinski definition) is 3. The Kier molecular flexibility index (Phi) is 5.42. The molecule has 0 bridgehead atoms. The summed E-state index contributed by atoms with van der Waals surface area (Å²) < 4.78 is 10.9. The lowest BCUT2D eigenvalue weighted by atomic mass is 10.0. The van der Waals surface area contributed by atoms with Crippen LogP contribution in [0.1, 0.15) is 24.1 Å². The van der Waals surface area contributed by atoms with Gasteiger partial charge in [0.05, 0.1) is 13.2 Å². The maximum atomic E-state index is 12.3. The molecule has 1 atom stereocenters. The van der Waals surface area contributed by atoms with Crippen molar-refractivity contribution in [2.24, 2.45) is 0 Å². The number of fused-ring (bicyclic) bond motifs is 1. The standard InChI is InChI=1S/C22H23NO3/c1-15-8-11-20(21(12-15)25-3)26-14-22(24)23-16(2)18-10-9-17-6-4-5-7-19(17)13-18/h4-13,16H,14H2,1-3H3,(H,23,24)/t16-/m0/s1. The number of carbonyl (C=O) groups excluding carboxylic acids is 1. The minimum Gasteiger partial charge on any atom is -0.493 e. The van der Waals surface area contributed by atoms with Gasteiger partial charge in [-0.25, -0.2) is 0 Å². The van der Waals surface area contributed by atoms with Crippen molar-refractivity contribution >= 4 is 16.7 Å². The molecule has 0 unspecified atom stereocenters. The highest BCUT2D eigenvalue weighted by atomic mass is 16.5. The normalized spacial score (nSPS) is 11.8. The molecule has 4 nitrogen and oxygen atoms in total. The van der Waals surface area contributed by atoms with E-state index in [1.54, 1.807) is 7.11 Å². The smallest absolute Gasteiger partial charge is 0.258 e. The SMILES string of the molecule is COc1cc(C)ccc1OCC(=O)N[C@@H](C)c1ccc2ccccc2c1. The lowest BCUT2D eigenvalue weighted by molar-refractivity contribution is -0.123. The van der Waals surface area contributed by atoms with Gasteiger partial charge in [0.25, 0.3) is 5.91 Å². The zero-order valence-electron chi connectivity index (χ0n) is 15.3. The van der Waals surface area contributed by atoms with Crippen LogP contribution < -0.4 is 14.8 Å². The van der Waals surface area contributed by atoms with Crippen LogP contribution in [0.15, 0.2) is 60.7 Å². The second-order valence-corrected chi connectivity index (χ2v) is 6.34. The molecule has 0 aromatic heterocycles. The monoisotopic (exact) mass is 349 g/mol. The Labute approximate surface area is 153 Å². The summed E-state index contributed by atoms with van der Waals surface area (Å²) in [6.45, 7) is 3.88. The molecular formula is C22H23NO3. The summed E-state index contributed by atoms with van der Waals surface area (Å²) in [7, 11) is 1.59. The molecule has 134 valence electrons. The van der Waals surface area contributed by atoms with Crippen LogP contribution in [-0.4, -0.2) is 19.6 Å². The number of amides is 1. The molecule has 0 radical (unpaired) electrons. The number of benzene rings is 3. The van der Waals surface area contributed by atoms with Gasteiger partial charge < -0.3 is 14.8 Å². The van der Waals surface area contributed by atoms with Gasteiger partial charge in [0.1, 0.15) is 0 Å². The maximum absolute atomic E-state index is 12.3. The van der Waals surface area contributed by atoms with Gasteiger partial charge in [0.15, 0.2) is 18.1 Å². The topological polar surface area (TPSA) is 47.6 Å². The highest BCUT2D eigenvalue weighted by molar-refractivity contribution is 5.83. The molecule has 0 aliphatic rings. The zero-order valence-corrected chi connectivity index (χ0v) is 15.3. The fourth-order valence-electron chi connectivity index (χ4n) is 2.88. The average molecular weight is 349 g/mol. The predicted molar refractivity (Wildman–Crippen MR) is 104 cm³/mol. The number of aryl methyl sites for hydroxylation is 1. The van der Waals surface area contributed by atoms with Crippen LogP contribution in [0.3, 0.4) is 0 Å². The Bertz CT molecular complexity index is 920. The van der Waals surface area contributed by atoms with Gasteiger partial charge in [0.2, 0.25) is 0 Å². The third-order valence-corrected chi connectivity index (χ3v) is 4.33. The lowest BCUT2D eigenvalue weighted by Crippen LogP contribution is -2.31. The van der Waals surface area contributed by atoms with Gasteiger partial charge in [-0.2, -0.15) is 0 Å². The molecule has 0 spiro atoms. The van der Waals surface area contributed by atoms with E-state index in [1.807, 2.05) is 50.2 Å². The maximum Gasteiger partial charge on any atom is 0.258 e. The van der Waals surface area contributed by atoms with Crippen molar-refractivity contribution in [2.75, 3.05) is 13.7 Å². The van der Waals surface area contributed by atoms with Crippen LogP contribution in [0, 0.1) is 6.92 Å². The molecule has 3 rings (SSSR count). The molecule has 4 heteroatoms. The Balaban J connectivity index is 1.62. The Morgan fingerprint density at radius 3 is 2.54 bits per heavy atom. The fraction of sp³-hybridized carbons (Fsp3) is 0.227. The van der Waals surface area contributed by atoms with Gasteiger partial charge in [-0.1, -0.05) is 42.5 Å². The van der Waals surface area contributed by atoms with Crippen molar-refractivity contribution in [3.8, 4) is 11.5 Å². The number of carbonyl (C=O) groups is 1. The van der Waals surface area contributed by atoms with Crippen LogP contribution in [0.5, 0.6) is 11.5 Å². The Morgan fingerprint density at radius 2 is 1.77 bits per heavy atom. The highest BCUT2D eigenvalue weighted by Crippen LogP contribution is 2.27. The molecule has 0 saturated heterocycles. The minimum absolute atomic E-state index is 0.0582. The van der Waals surface area contributed by atoms with Crippen molar-refractivity contribution < 1.29 is 14.3 Å². The predicted octanol–water partition coefficient (Wildman–Crippen LogP) is 4.41. The van der Waals surface area contributed by atoms with E-state index in [0.717, 1.165) is 16.5 Å². The summed E-state index contributed by atoms with van der Waals surface area (Å²) in [5.74, 6) is 1.01. The zero-order chi connectivity index (χ0) is 18.5. The summed E-state index contributed by atoms with van der Waals surface area (Å²) in [5, 5.41) is 5.32. The first kappa shape index (κ1) is 17.8. The van der Waals surface area contributed by atoms with E-state index in [-0.39, 0.29) is 18.6 Å². The molecule has 1 amide bonds. The van der Waals surface area contributed by atoms with E-state index in [2.05, 4.69) is 29.6 Å². The van der Waals surface area contributed by atoms with Gasteiger partial charge in [-0.15, -0.1) is 0 Å². The van der Waals surface area contributed by atoms with Crippen molar-refractivity contribution in [3.05, 3.63) is 71.8 Å². The first-order valence-electron chi connectivity index (χ1n) is 8.62. The molecule has 0 aliphatic heterocycles. The van der Waals surface area contributed by atoms with Crippen LogP contribution in [0.25, 0.3) is 10.8 Å². The van der Waals surface area contributed by atoms with Gasteiger partial charge >= 0.3 is 0 Å². The molecule has 3 aromatic carbocycles. The van der Waals surface area contributed by atoms with Crippen LogP contribution in [0.2, 0.25) is 0 Å². The van der Waals surface area contributed by atoms with Gasteiger partial charge in [-0.05, 0) is 53.9 Å². The second-order valence-electron chi connectivity index (χ2n) is 6.34. The number of hydrogen-bond donors (Lipinski definition) is 1. The van der Waals surface area contributed by atoms with E-state index in [1.165, 1.54) is 5.39 Å². The van der Waals surface area contributed by atoms with Crippen LogP contribution >= 0.6 is 0 Å². The second kappa shape index (κ2) is 7.91.